The third-order valence-corrected chi connectivity index (χ3v) is 6.27. The largest absolute Gasteiger partial charge is 0.493 e. The number of hydrogen-bond donors (Lipinski definition) is 2. The molecule has 8 nitrogen and oxygen atoms in total. The SMILES string of the molecule is COc1ccc(NC(=O)c2nn3c(c2Br)N[C@H](c2ccc(Br)o2)C[C@@H]3C(F)(F)F)cc1OC. The Morgan fingerprint density at radius 2 is 1.94 bits per heavy atom. The van der Waals surface area contributed by atoms with E-state index >= 15 is 0 Å². The van der Waals surface area contributed by atoms with Crippen molar-refractivity contribution in [1.29, 1.82) is 0 Å². The number of nitrogens with one attached hydrogen (secondary N) is 2. The summed E-state index contributed by atoms with van der Waals surface area (Å²) in [5.41, 5.74) is 0.150. The molecule has 0 bridgehead atoms. The standard InChI is InChI=1S/C20H17Br2F3N4O4/c1-31-12-4-3-9(7-13(12)32-2)26-19(30)17-16(22)18-27-10(11-5-6-15(21)33-11)8-14(20(23,24)25)29(18)28-17/h3-7,10,14,27H,8H2,1-2H3,(H,26,30)/t10-,14+/m0/s1. The first-order chi connectivity index (χ1) is 15.6. The molecule has 1 aromatic carbocycles. The molecule has 13 heteroatoms. The van der Waals surface area contributed by atoms with Crippen LogP contribution in [0.2, 0.25) is 0 Å². The lowest BCUT2D eigenvalue weighted by Crippen LogP contribution is -2.35. The van der Waals surface area contributed by atoms with Gasteiger partial charge in [0, 0.05) is 18.2 Å². The van der Waals surface area contributed by atoms with E-state index in [0.29, 0.717) is 27.6 Å². The minimum atomic E-state index is -4.60. The zero-order valence-electron chi connectivity index (χ0n) is 17.2. The third-order valence-electron chi connectivity index (χ3n) is 5.09. The minimum Gasteiger partial charge on any atom is -0.493 e. The van der Waals surface area contributed by atoms with Crippen LogP contribution >= 0.6 is 31.9 Å². The Kier molecular flexibility index (Phi) is 6.36. The molecular formula is C20H17Br2F3N4O4. The summed E-state index contributed by atoms with van der Waals surface area (Å²) in [7, 11) is 2.92. The Bertz CT molecular complexity index is 1190. The van der Waals surface area contributed by atoms with Crippen molar-refractivity contribution in [2.24, 2.45) is 0 Å². The van der Waals surface area contributed by atoms with E-state index < -0.39 is 24.2 Å². The van der Waals surface area contributed by atoms with Gasteiger partial charge in [0.25, 0.3) is 5.91 Å². The van der Waals surface area contributed by atoms with Gasteiger partial charge in [0.2, 0.25) is 0 Å². The molecule has 4 rings (SSSR count). The second kappa shape index (κ2) is 8.93. The Morgan fingerprint density at radius 1 is 1.21 bits per heavy atom. The fraction of sp³-hybridized carbons (Fsp3) is 0.300. The van der Waals surface area contributed by atoms with Gasteiger partial charge in [-0.2, -0.15) is 18.3 Å². The predicted molar refractivity (Wildman–Crippen MR) is 120 cm³/mol. The van der Waals surface area contributed by atoms with Crippen molar-refractivity contribution in [3.05, 3.63) is 50.9 Å². The fourth-order valence-electron chi connectivity index (χ4n) is 3.54. The number of hydrogen-bond acceptors (Lipinski definition) is 6. The highest BCUT2D eigenvalue weighted by molar-refractivity contribution is 9.10. The highest BCUT2D eigenvalue weighted by atomic mass is 79.9. The Hall–Kier alpha value is -2.67. The van der Waals surface area contributed by atoms with Crippen LogP contribution in [-0.2, 0) is 0 Å². The Labute approximate surface area is 202 Å². The second-order valence-electron chi connectivity index (χ2n) is 7.11. The zero-order valence-corrected chi connectivity index (χ0v) is 20.3. The highest BCUT2D eigenvalue weighted by Gasteiger charge is 2.48. The van der Waals surface area contributed by atoms with Gasteiger partial charge in [-0.05, 0) is 56.1 Å². The van der Waals surface area contributed by atoms with Crippen LogP contribution in [0.25, 0.3) is 0 Å². The fourth-order valence-corrected chi connectivity index (χ4v) is 4.42. The number of halogens is 5. The quantitative estimate of drug-likeness (QED) is 0.381. The van der Waals surface area contributed by atoms with Gasteiger partial charge >= 0.3 is 6.18 Å². The molecule has 2 N–H and O–H groups in total. The molecule has 0 saturated heterocycles. The summed E-state index contributed by atoms with van der Waals surface area (Å²) >= 11 is 6.40. The first-order valence-corrected chi connectivity index (χ1v) is 11.1. The molecule has 0 unspecified atom stereocenters. The van der Waals surface area contributed by atoms with Crippen molar-refractivity contribution < 1.29 is 31.9 Å². The molecule has 3 heterocycles. The highest BCUT2D eigenvalue weighted by Crippen LogP contribution is 2.46. The van der Waals surface area contributed by atoms with Gasteiger partial charge in [0.1, 0.15) is 11.6 Å². The molecule has 3 aromatic rings. The van der Waals surface area contributed by atoms with Crippen LogP contribution in [0.4, 0.5) is 24.7 Å². The number of fused-ring (bicyclic) bond motifs is 1. The number of ether oxygens (including phenoxy) is 2. The van der Waals surface area contributed by atoms with Crippen LogP contribution in [-0.4, -0.2) is 36.1 Å². The van der Waals surface area contributed by atoms with E-state index in [1.54, 1.807) is 24.3 Å². The topological polar surface area (TPSA) is 90.5 Å². The Balaban J connectivity index is 1.67. The molecule has 176 valence electrons. The van der Waals surface area contributed by atoms with Crippen molar-refractivity contribution in [3.8, 4) is 11.5 Å². The number of furan rings is 1. The number of nitrogens with zero attached hydrogens (tertiary/aromatic N) is 2. The van der Waals surface area contributed by atoms with Crippen LogP contribution in [0.15, 0.2) is 43.9 Å². The van der Waals surface area contributed by atoms with Crippen molar-refractivity contribution in [1.82, 2.24) is 9.78 Å². The van der Waals surface area contributed by atoms with Crippen LogP contribution < -0.4 is 20.1 Å². The number of carbonyl (C=O) groups excluding carboxylic acids is 1. The second-order valence-corrected chi connectivity index (χ2v) is 8.69. The average molecular weight is 594 g/mol. The average Bonchev–Trinajstić information content (AvgIpc) is 3.35. The van der Waals surface area contributed by atoms with Gasteiger partial charge in [0.05, 0.1) is 24.7 Å². The number of amides is 1. The van der Waals surface area contributed by atoms with Gasteiger partial charge in [-0.15, -0.1) is 0 Å². The number of methoxy groups -OCH3 is 2. The Morgan fingerprint density at radius 3 is 2.55 bits per heavy atom. The maximum atomic E-state index is 13.9. The maximum absolute atomic E-state index is 13.9. The molecule has 1 aliphatic rings. The zero-order chi connectivity index (χ0) is 23.9. The van der Waals surface area contributed by atoms with Crippen molar-refractivity contribution >= 4 is 49.3 Å². The van der Waals surface area contributed by atoms with Crippen molar-refractivity contribution in [2.45, 2.75) is 24.7 Å². The molecule has 2 aromatic heterocycles. The van der Waals surface area contributed by atoms with Crippen molar-refractivity contribution in [3.63, 3.8) is 0 Å². The summed E-state index contributed by atoms with van der Waals surface area (Å²) in [6, 6.07) is 5.15. The molecule has 0 spiro atoms. The summed E-state index contributed by atoms with van der Waals surface area (Å²) < 4.78 is 58.8. The summed E-state index contributed by atoms with van der Waals surface area (Å²) in [6.45, 7) is 0. The van der Waals surface area contributed by atoms with Crippen LogP contribution in [0.1, 0.15) is 34.8 Å². The number of rotatable bonds is 5. The van der Waals surface area contributed by atoms with Gasteiger partial charge < -0.3 is 24.5 Å². The van der Waals surface area contributed by atoms with E-state index in [-0.39, 0.29) is 22.4 Å². The lowest BCUT2D eigenvalue weighted by atomic mass is 10.0. The van der Waals surface area contributed by atoms with Crippen molar-refractivity contribution in [2.75, 3.05) is 24.9 Å². The maximum Gasteiger partial charge on any atom is 0.410 e. The summed E-state index contributed by atoms with van der Waals surface area (Å²) in [5, 5.41) is 9.60. The summed E-state index contributed by atoms with van der Waals surface area (Å²) in [6.07, 6.45) is -4.96. The normalized spacial score (nSPS) is 17.8. The first-order valence-electron chi connectivity index (χ1n) is 9.52. The molecule has 0 aliphatic carbocycles. The van der Waals surface area contributed by atoms with E-state index in [0.717, 1.165) is 4.68 Å². The van der Waals surface area contributed by atoms with Gasteiger partial charge in [-0.25, -0.2) is 4.68 Å². The number of aromatic nitrogens is 2. The lowest BCUT2D eigenvalue weighted by Gasteiger charge is -2.32. The van der Waals surface area contributed by atoms with Gasteiger partial charge in [0.15, 0.2) is 27.9 Å². The van der Waals surface area contributed by atoms with E-state index in [2.05, 4.69) is 47.6 Å². The third kappa shape index (κ3) is 4.56. The molecule has 2 atom stereocenters. The number of anilines is 2. The summed E-state index contributed by atoms with van der Waals surface area (Å²) in [5.74, 6) is 0.494. The monoisotopic (exact) mass is 592 g/mol. The van der Waals surface area contributed by atoms with Crippen LogP contribution in [0, 0.1) is 0 Å². The summed E-state index contributed by atoms with van der Waals surface area (Å²) in [4.78, 5) is 12.9. The predicted octanol–water partition coefficient (Wildman–Crippen LogP) is 5.93. The molecule has 33 heavy (non-hydrogen) atoms. The van der Waals surface area contributed by atoms with Crippen LogP contribution in [0.5, 0.6) is 11.5 Å². The van der Waals surface area contributed by atoms with E-state index in [9.17, 15) is 18.0 Å². The first kappa shape index (κ1) is 23.5. The number of benzene rings is 1. The molecular weight excluding hydrogens is 577 g/mol. The van der Waals surface area contributed by atoms with E-state index in [4.69, 9.17) is 13.9 Å². The molecule has 1 amide bonds. The number of carbonyl (C=O) groups is 1. The lowest BCUT2D eigenvalue weighted by molar-refractivity contribution is -0.174. The van der Waals surface area contributed by atoms with E-state index in [1.165, 1.54) is 20.3 Å². The minimum absolute atomic E-state index is 0.0264. The molecule has 0 fully saturated rings. The molecule has 0 radical (unpaired) electrons. The van der Waals surface area contributed by atoms with Crippen LogP contribution in [0.3, 0.4) is 0 Å². The smallest absolute Gasteiger partial charge is 0.410 e. The van der Waals surface area contributed by atoms with E-state index in [1.807, 2.05) is 0 Å². The molecule has 1 aliphatic heterocycles. The molecule has 0 saturated carbocycles. The van der Waals surface area contributed by atoms with Gasteiger partial charge in [-0.3, -0.25) is 4.79 Å². The van der Waals surface area contributed by atoms with Gasteiger partial charge in [-0.1, -0.05) is 0 Å². The number of alkyl halides is 3.